The molecule has 2 aliphatic heterocycles. The van der Waals surface area contributed by atoms with E-state index in [0.717, 1.165) is 12.1 Å². The second kappa shape index (κ2) is 4.44. The first-order valence-corrected chi connectivity index (χ1v) is 6.14. The van der Waals surface area contributed by atoms with Crippen molar-refractivity contribution in [3.8, 4) is 5.75 Å². The van der Waals surface area contributed by atoms with Gasteiger partial charge in [0.2, 0.25) is 0 Å². The minimum Gasteiger partial charge on any atom is -0.478 e. The van der Waals surface area contributed by atoms with E-state index in [4.69, 9.17) is 4.74 Å². The van der Waals surface area contributed by atoms with Crippen molar-refractivity contribution >= 4 is 17.9 Å². The number of hydrogen-bond acceptors (Lipinski definition) is 5. The molecule has 0 aliphatic carbocycles. The molecule has 2 N–H and O–H groups in total. The van der Waals surface area contributed by atoms with Crippen LogP contribution in [0.3, 0.4) is 0 Å². The van der Waals surface area contributed by atoms with E-state index in [2.05, 4.69) is 15.4 Å². The first kappa shape index (κ1) is 13.3. The monoisotopic (exact) mass is 294 g/mol. The molecule has 0 bridgehead atoms. The molecule has 1 fully saturated rings. The van der Waals surface area contributed by atoms with Crippen molar-refractivity contribution in [3.05, 3.63) is 29.6 Å². The second-order valence-electron chi connectivity index (χ2n) is 4.79. The number of benzene rings is 1. The average molecular weight is 294 g/mol. The quantitative estimate of drug-likeness (QED) is 0.569. The van der Waals surface area contributed by atoms with Gasteiger partial charge in [-0.05, 0) is 18.2 Å². The highest BCUT2D eigenvalue weighted by Gasteiger charge is 2.54. The van der Waals surface area contributed by atoms with Gasteiger partial charge in [0, 0.05) is 12.0 Å². The van der Waals surface area contributed by atoms with Crippen molar-refractivity contribution in [1.82, 2.24) is 10.6 Å². The lowest BCUT2D eigenvalue weighted by Crippen LogP contribution is -2.52. The van der Waals surface area contributed by atoms with Gasteiger partial charge in [0.15, 0.2) is 11.6 Å². The van der Waals surface area contributed by atoms with E-state index in [9.17, 15) is 18.8 Å². The number of ether oxygens (including phenoxy) is 2. The summed E-state index contributed by atoms with van der Waals surface area (Å²) in [7, 11) is 1.19. The number of esters is 1. The number of halogens is 1. The fraction of sp³-hybridized carbons (Fsp3) is 0.308. The van der Waals surface area contributed by atoms with Crippen molar-refractivity contribution in [2.24, 2.45) is 0 Å². The molecule has 1 spiro atoms. The van der Waals surface area contributed by atoms with Crippen LogP contribution in [-0.2, 0) is 19.9 Å². The number of rotatable bonds is 1. The molecule has 1 aromatic rings. The van der Waals surface area contributed by atoms with Crippen LogP contribution < -0.4 is 15.4 Å². The summed E-state index contributed by atoms with van der Waals surface area (Å²) in [4.78, 5) is 35.3. The van der Waals surface area contributed by atoms with Gasteiger partial charge in [0.05, 0.1) is 7.11 Å². The van der Waals surface area contributed by atoms with Crippen LogP contribution in [0.15, 0.2) is 18.2 Å². The molecule has 3 rings (SSSR count). The number of imide groups is 1. The largest absolute Gasteiger partial charge is 0.478 e. The van der Waals surface area contributed by atoms with Crippen LogP contribution >= 0.6 is 0 Å². The molecular formula is C13H11FN2O5. The number of methoxy groups -OCH3 is 1. The average Bonchev–Trinajstić information content (AvgIpc) is 2.73. The summed E-state index contributed by atoms with van der Waals surface area (Å²) in [5, 5.41) is 4.55. The molecule has 1 saturated heterocycles. The Morgan fingerprint density at radius 2 is 2.24 bits per heavy atom. The molecule has 0 radical (unpaired) electrons. The molecule has 1 aromatic carbocycles. The third kappa shape index (κ3) is 1.91. The van der Waals surface area contributed by atoms with Gasteiger partial charge in [-0.2, -0.15) is 0 Å². The number of urea groups is 1. The zero-order valence-corrected chi connectivity index (χ0v) is 10.9. The molecule has 3 amide bonds. The van der Waals surface area contributed by atoms with Crippen molar-refractivity contribution in [1.29, 1.82) is 0 Å². The molecule has 110 valence electrons. The van der Waals surface area contributed by atoms with Gasteiger partial charge in [-0.1, -0.05) is 0 Å². The van der Waals surface area contributed by atoms with E-state index >= 15 is 0 Å². The molecule has 2 atom stereocenters. The molecule has 8 heteroatoms. The van der Waals surface area contributed by atoms with Gasteiger partial charge < -0.3 is 14.8 Å². The van der Waals surface area contributed by atoms with Crippen molar-refractivity contribution in [2.45, 2.75) is 18.1 Å². The molecule has 7 nitrogen and oxygen atoms in total. The number of fused-ring (bicyclic) bond motifs is 2. The first-order valence-electron chi connectivity index (χ1n) is 6.14. The predicted molar refractivity (Wildman–Crippen MR) is 65.8 cm³/mol. The number of nitrogens with one attached hydrogen (secondary N) is 2. The Labute approximate surface area is 118 Å². The number of amides is 3. The molecule has 21 heavy (non-hydrogen) atoms. The summed E-state index contributed by atoms with van der Waals surface area (Å²) in [6.45, 7) is 0. The van der Waals surface area contributed by atoms with Crippen LogP contribution in [0.25, 0.3) is 0 Å². The summed E-state index contributed by atoms with van der Waals surface area (Å²) in [6, 6.07) is 2.84. The van der Waals surface area contributed by atoms with E-state index in [1.807, 2.05) is 0 Å². The van der Waals surface area contributed by atoms with Gasteiger partial charge >= 0.3 is 12.0 Å². The molecule has 2 aliphatic rings. The first-order chi connectivity index (χ1) is 9.96. The van der Waals surface area contributed by atoms with Crippen molar-refractivity contribution in [2.75, 3.05) is 7.11 Å². The SMILES string of the molecule is COC(=O)C1CC2(NC(=O)NC2=O)c2cc(F)ccc2O1. The maximum absolute atomic E-state index is 13.5. The highest BCUT2D eigenvalue weighted by Crippen LogP contribution is 2.41. The fourth-order valence-electron chi connectivity index (χ4n) is 2.61. The Kier molecular flexibility index (Phi) is 2.82. The maximum atomic E-state index is 13.5. The minimum atomic E-state index is -1.54. The zero-order valence-electron chi connectivity index (χ0n) is 10.9. The molecule has 2 unspecified atom stereocenters. The number of carbonyl (C=O) groups excluding carboxylic acids is 3. The second-order valence-corrected chi connectivity index (χ2v) is 4.79. The maximum Gasteiger partial charge on any atom is 0.347 e. The third-order valence-corrected chi connectivity index (χ3v) is 3.57. The fourth-order valence-corrected chi connectivity index (χ4v) is 2.61. The summed E-state index contributed by atoms with van der Waals surface area (Å²) in [5.41, 5.74) is -1.36. The van der Waals surface area contributed by atoms with Gasteiger partial charge in [0.25, 0.3) is 5.91 Å². The van der Waals surface area contributed by atoms with Crippen LogP contribution in [0.1, 0.15) is 12.0 Å². The van der Waals surface area contributed by atoms with Gasteiger partial charge in [-0.3, -0.25) is 10.1 Å². The Balaban J connectivity index is 2.14. The Morgan fingerprint density at radius 1 is 1.48 bits per heavy atom. The summed E-state index contributed by atoms with van der Waals surface area (Å²) >= 11 is 0. The van der Waals surface area contributed by atoms with Crippen LogP contribution in [0, 0.1) is 5.82 Å². The van der Waals surface area contributed by atoms with E-state index in [0.29, 0.717) is 0 Å². The van der Waals surface area contributed by atoms with Crippen molar-refractivity contribution in [3.63, 3.8) is 0 Å². The highest BCUT2D eigenvalue weighted by molar-refractivity contribution is 6.08. The molecule has 0 saturated carbocycles. The standard InChI is InChI=1S/C13H11FN2O5/c1-20-10(17)9-5-13(11(18)15-12(19)16-13)7-4-6(14)2-3-8(7)21-9/h2-4,9H,5H2,1H3,(H2,15,16,18,19). The summed E-state index contributed by atoms with van der Waals surface area (Å²) in [5.74, 6) is -1.77. The lowest BCUT2D eigenvalue weighted by Gasteiger charge is -2.36. The van der Waals surface area contributed by atoms with Gasteiger partial charge in [-0.15, -0.1) is 0 Å². The normalized spacial score (nSPS) is 26.7. The summed E-state index contributed by atoms with van der Waals surface area (Å²) in [6.07, 6.45) is -1.25. The van der Waals surface area contributed by atoms with Gasteiger partial charge in [-0.25, -0.2) is 14.0 Å². The lowest BCUT2D eigenvalue weighted by atomic mass is 9.81. The van der Waals surface area contributed by atoms with E-state index in [1.54, 1.807) is 0 Å². The Hall–Kier alpha value is -2.64. The van der Waals surface area contributed by atoms with Crippen LogP contribution in [0.4, 0.5) is 9.18 Å². The number of hydrogen-bond donors (Lipinski definition) is 2. The van der Waals surface area contributed by atoms with Crippen molar-refractivity contribution < 1.29 is 28.2 Å². The molecular weight excluding hydrogens is 283 g/mol. The Morgan fingerprint density at radius 3 is 2.86 bits per heavy atom. The van der Waals surface area contributed by atoms with Gasteiger partial charge in [0.1, 0.15) is 11.6 Å². The van der Waals surface area contributed by atoms with E-state index in [-0.39, 0.29) is 17.7 Å². The Bertz CT molecular complexity index is 662. The van der Waals surface area contributed by atoms with Crippen LogP contribution in [0.5, 0.6) is 5.75 Å². The zero-order chi connectivity index (χ0) is 15.2. The van der Waals surface area contributed by atoms with Crippen LogP contribution in [0.2, 0.25) is 0 Å². The van der Waals surface area contributed by atoms with E-state index in [1.165, 1.54) is 13.2 Å². The predicted octanol–water partition coefficient (Wildman–Crippen LogP) is 0.185. The smallest absolute Gasteiger partial charge is 0.347 e. The topological polar surface area (TPSA) is 93.7 Å². The molecule has 0 aromatic heterocycles. The highest BCUT2D eigenvalue weighted by atomic mass is 19.1. The molecule has 2 heterocycles. The third-order valence-electron chi connectivity index (χ3n) is 3.57. The number of carbonyl (C=O) groups is 3. The van der Waals surface area contributed by atoms with Crippen LogP contribution in [-0.4, -0.2) is 31.1 Å². The van der Waals surface area contributed by atoms with E-state index < -0.39 is 35.4 Å². The minimum absolute atomic E-state index is 0.149. The lowest BCUT2D eigenvalue weighted by molar-refractivity contribution is -0.151. The summed E-state index contributed by atoms with van der Waals surface area (Å²) < 4.78 is 23.5.